The minimum atomic E-state index is -0.303. The van der Waals surface area contributed by atoms with E-state index in [1.165, 1.54) is 36.8 Å². The van der Waals surface area contributed by atoms with Crippen molar-refractivity contribution >= 4 is 11.9 Å². The van der Waals surface area contributed by atoms with Crippen molar-refractivity contribution in [3.63, 3.8) is 0 Å². The number of carbonyl (C=O) groups is 1. The van der Waals surface area contributed by atoms with E-state index in [1.807, 2.05) is 0 Å². The highest BCUT2D eigenvalue weighted by Gasteiger charge is 2.01. The smallest absolute Gasteiger partial charge is 0.205 e. The van der Waals surface area contributed by atoms with Gasteiger partial charge in [-0.25, -0.2) is 9.37 Å². The Bertz CT molecular complexity index is 535. The third-order valence-corrected chi connectivity index (χ3v) is 2.11. The number of hydrogen-bond acceptors (Lipinski definition) is 3. The summed E-state index contributed by atoms with van der Waals surface area (Å²) in [7, 11) is 0. The standard InChI is InChI=1S/C13H9FN2O/c14-11-4-1-10(2-5-11)3-6-13(17)12-9-15-7-8-16-12/h1-9H/b6-3+. The lowest BCUT2D eigenvalue weighted by Crippen LogP contribution is -1.97. The molecule has 0 amide bonds. The zero-order valence-corrected chi connectivity index (χ0v) is 8.88. The van der Waals surface area contributed by atoms with Crippen LogP contribution in [-0.4, -0.2) is 15.8 Å². The first kappa shape index (κ1) is 11.1. The molecule has 4 heteroatoms. The van der Waals surface area contributed by atoms with Crippen LogP contribution in [0, 0.1) is 5.82 Å². The molecule has 84 valence electrons. The van der Waals surface area contributed by atoms with Gasteiger partial charge in [0.25, 0.3) is 0 Å². The van der Waals surface area contributed by atoms with Crippen molar-refractivity contribution < 1.29 is 9.18 Å². The van der Waals surface area contributed by atoms with E-state index < -0.39 is 0 Å². The summed E-state index contributed by atoms with van der Waals surface area (Å²) in [5, 5.41) is 0. The molecule has 0 bridgehead atoms. The second-order valence-electron chi connectivity index (χ2n) is 3.34. The van der Waals surface area contributed by atoms with Crippen molar-refractivity contribution in [3.8, 4) is 0 Å². The quantitative estimate of drug-likeness (QED) is 0.598. The van der Waals surface area contributed by atoms with Gasteiger partial charge in [0.15, 0.2) is 0 Å². The van der Waals surface area contributed by atoms with Crippen LogP contribution in [-0.2, 0) is 0 Å². The number of benzene rings is 1. The van der Waals surface area contributed by atoms with Gasteiger partial charge >= 0.3 is 0 Å². The number of aromatic nitrogens is 2. The minimum Gasteiger partial charge on any atom is -0.287 e. The molecule has 17 heavy (non-hydrogen) atoms. The van der Waals surface area contributed by atoms with Crippen LogP contribution in [0.25, 0.3) is 6.08 Å². The maximum absolute atomic E-state index is 12.6. The first-order valence-electron chi connectivity index (χ1n) is 5.00. The summed E-state index contributed by atoms with van der Waals surface area (Å²) in [6.45, 7) is 0. The molecule has 0 unspecified atom stereocenters. The van der Waals surface area contributed by atoms with Crippen molar-refractivity contribution in [2.45, 2.75) is 0 Å². The van der Waals surface area contributed by atoms with Gasteiger partial charge in [0.05, 0.1) is 6.20 Å². The molecule has 0 atom stereocenters. The molecule has 3 nitrogen and oxygen atoms in total. The van der Waals surface area contributed by atoms with Crippen LogP contribution in [0.4, 0.5) is 4.39 Å². The Morgan fingerprint density at radius 1 is 1.18 bits per heavy atom. The SMILES string of the molecule is O=C(/C=C/c1ccc(F)cc1)c1cnccn1. The van der Waals surface area contributed by atoms with Gasteiger partial charge in [0.1, 0.15) is 11.5 Å². The van der Waals surface area contributed by atoms with E-state index in [-0.39, 0.29) is 17.3 Å². The molecule has 0 N–H and O–H groups in total. The van der Waals surface area contributed by atoms with Crippen LogP contribution < -0.4 is 0 Å². The Balaban J connectivity index is 2.11. The molecule has 0 saturated heterocycles. The Hall–Kier alpha value is -2.36. The second-order valence-corrected chi connectivity index (χ2v) is 3.34. The average molecular weight is 228 g/mol. The highest BCUT2D eigenvalue weighted by molar-refractivity contribution is 6.05. The summed E-state index contributed by atoms with van der Waals surface area (Å²) in [5.41, 5.74) is 1.04. The zero-order chi connectivity index (χ0) is 12.1. The van der Waals surface area contributed by atoms with Crippen LogP contribution >= 0.6 is 0 Å². The van der Waals surface area contributed by atoms with Crippen molar-refractivity contribution in [3.05, 3.63) is 66.0 Å². The van der Waals surface area contributed by atoms with E-state index >= 15 is 0 Å². The van der Waals surface area contributed by atoms with Crippen LogP contribution in [0.1, 0.15) is 16.1 Å². The van der Waals surface area contributed by atoms with Crippen LogP contribution in [0.5, 0.6) is 0 Å². The predicted molar refractivity (Wildman–Crippen MR) is 61.8 cm³/mol. The number of ketones is 1. The molecule has 2 aromatic rings. The molecule has 1 aromatic carbocycles. The Morgan fingerprint density at radius 2 is 1.94 bits per heavy atom. The van der Waals surface area contributed by atoms with E-state index in [4.69, 9.17) is 0 Å². The number of carbonyl (C=O) groups excluding carboxylic acids is 1. The largest absolute Gasteiger partial charge is 0.287 e. The Morgan fingerprint density at radius 3 is 2.59 bits per heavy atom. The van der Waals surface area contributed by atoms with Gasteiger partial charge in [-0.1, -0.05) is 18.2 Å². The third kappa shape index (κ3) is 3.04. The van der Waals surface area contributed by atoms with E-state index in [1.54, 1.807) is 18.2 Å². The summed E-state index contributed by atoms with van der Waals surface area (Å²) >= 11 is 0. The first-order valence-corrected chi connectivity index (χ1v) is 5.00. The Labute approximate surface area is 97.7 Å². The van der Waals surface area contributed by atoms with E-state index in [9.17, 15) is 9.18 Å². The zero-order valence-electron chi connectivity index (χ0n) is 8.88. The van der Waals surface area contributed by atoms with E-state index in [2.05, 4.69) is 9.97 Å². The summed E-state index contributed by atoms with van der Waals surface area (Å²) in [5.74, 6) is -0.537. The predicted octanol–water partition coefficient (Wildman–Crippen LogP) is 2.51. The highest BCUT2D eigenvalue weighted by Crippen LogP contribution is 2.05. The number of hydrogen-bond donors (Lipinski definition) is 0. The Kier molecular flexibility index (Phi) is 3.35. The molecular weight excluding hydrogens is 219 g/mol. The minimum absolute atomic E-state index is 0.234. The topological polar surface area (TPSA) is 42.9 Å². The molecule has 0 aliphatic carbocycles. The molecule has 0 aliphatic heterocycles. The normalized spacial score (nSPS) is 10.6. The molecule has 0 spiro atoms. The van der Waals surface area contributed by atoms with Crippen molar-refractivity contribution in [2.24, 2.45) is 0 Å². The first-order chi connectivity index (χ1) is 8.25. The molecule has 0 fully saturated rings. The lowest BCUT2D eigenvalue weighted by Gasteiger charge is -1.94. The molecule has 1 heterocycles. The fourth-order valence-electron chi connectivity index (χ4n) is 1.26. The van der Waals surface area contributed by atoms with E-state index in [0.29, 0.717) is 0 Å². The van der Waals surface area contributed by atoms with Crippen molar-refractivity contribution in [2.75, 3.05) is 0 Å². The maximum atomic E-state index is 12.6. The second kappa shape index (κ2) is 5.12. The van der Waals surface area contributed by atoms with Crippen molar-refractivity contribution in [1.82, 2.24) is 9.97 Å². The molecule has 0 saturated carbocycles. The number of halogens is 1. The maximum Gasteiger partial charge on any atom is 0.205 e. The van der Waals surface area contributed by atoms with Gasteiger partial charge in [-0.15, -0.1) is 0 Å². The summed E-state index contributed by atoms with van der Waals surface area (Å²) in [6, 6.07) is 5.87. The molecule has 0 radical (unpaired) electrons. The van der Waals surface area contributed by atoms with Crippen LogP contribution in [0.2, 0.25) is 0 Å². The summed E-state index contributed by atoms with van der Waals surface area (Å²) < 4.78 is 12.6. The average Bonchev–Trinajstić information content (AvgIpc) is 2.39. The van der Waals surface area contributed by atoms with Gasteiger partial charge < -0.3 is 0 Å². The molecule has 1 aromatic heterocycles. The number of allylic oxidation sites excluding steroid dienone is 1. The van der Waals surface area contributed by atoms with E-state index in [0.717, 1.165) is 5.56 Å². The fourth-order valence-corrected chi connectivity index (χ4v) is 1.26. The third-order valence-electron chi connectivity index (χ3n) is 2.11. The fraction of sp³-hybridized carbons (Fsp3) is 0. The summed E-state index contributed by atoms with van der Waals surface area (Å²) in [4.78, 5) is 19.3. The van der Waals surface area contributed by atoms with Gasteiger partial charge in [0, 0.05) is 12.4 Å². The molecule has 2 rings (SSSR count). The molecular formula is C13H9FN2O. The lowest BCUT2D eigenvalue weighted by molar-refractivity contribution is 0.104. The van der Waals surface area contributed by atoms with Crippen LogP contribution in [0.15, 0.2) is 48.9 Å². The van der Waals surface area contributed by atoms with Crippen molar-refractivity contribution in [1.29, 1.82) is 0 Å². The highest BCUT2D eigenvalue weighted by atomic mass is 19.1. The van der Waals surface area contributed by atoms with Crippen LogP contribution in [0.3, 0.4) is 0 Å². The van der Waals surface area contributed by atoms with Gasteiger partial charge in [0.2, 0.25) is 5.78 Å². The molecule has 0 aliphatic rings. The van der Waals surface area contributed by atoms with Gasteiger partial charge in [-0.2, -0.15) is 0 Å². The summed E-state index contributed by atoms with van der Waals surface area (Å²) in [6.07, 6.45) is 7.35. The number of nitrogens with zero attached hydrogens (tertiary/aromatic N) is 2. The lowest BCUT2D eigenvalue weighted by atomic mass is 10.2. The van der Waals surface area contributed by atoms with Gasteiger partial charge in [-0.3, -0.25) is 9.78 Å². The number of rotatable bonds is 3. The monoisotopic (exact) mass is 228 g/mol. The van der Waals surface area contributed by atoms with Gasteiger partial charge in [-0.05, 0) is 23.8 Å².